The van der Waals surface area contributed by atoms with Gasteiger partial charge in [-0.2, -0.15) is 0 Å². The van der Waals surface area contributed by atoms with Crippen molar-refractivity contribution in [2.75, 3.05) is 19.8 Å². The van der Waals surface area contributed by atoms with Gasteiger partial charge in [0.05, 0.1) is 5.41 Å². The molecular weight excluding hydrogens is 204 g/mol. The third-order valence-corrected chi connectivity index (χ3v) is 3.79. The minimum absolute atomic E-state index is 0.0712. The molecule has 1 saturated heterocycles. The molecule has 1 unspecified atom stereocenters. The molecule has 1 heterocycles. The minimum Gasteiger partial charge on any atom is -0.381 e. The van der Waals surface area contributed by atoms with E-state index in [9.17, 15) is 4.79 Å². The highest BCUT2D eigenvalue weighted by Gasteiger charge is 2.36. The van der Waals surface area contributed by atoms with E-state index >= 15 is 0 Å². The van der Waals surface area contributed by atoms with Crippen molar-refractivity contribution >= 4 is 5.91 Å². The molecule has 1 atom stereocenters. The summed E-state index contributed by atoms with van der Waals surface area (Å²) in [4.78, 5) is 12.2. The monoisotopic (exact) mass is 228 g/mol. The fourth-order valence-electron chi connectivity index (χ4n) is 1.77. The summed E-state index contributed by atoms with van der Waals surface area (Å²) in [5, 5.41) is 3.14. The first-order chi connectivity index (χ1) is 7.46. The van der Waals surface area contributed by atoms with Crippen molar-refractivity contribution in [2.45, 2.75) is 45.6 Å². The van der Waals surface area contributed by atoms with Crippen molar-refractivity contribution in [3.8, 4) is 0 Å². The average Bonchev–Trinajstić information content (AvgIpc) is 2.28. The molecule has 1 rings (SSSR count). The molecule has 0 aromatic rings. The molecule has 0 saturated carbocycles. The fourth-order valence-corrected chi connectivity index (χ4v) is 1.77. The predicted octanol–water partition coefficient (Wildman–Crippen LogP) is 1.05. The van der Waals surface area contributed by atoms with Crippen LogP contribution < -0.4 is 11.1 Å². The summed E-state index contributed by atoms with van der Waals surface area (Å²) in [5.74, 6) is 0.0712. The van der Waals surface area contributed by atoms with Crippen LogP contribution in [0.3, 0.4) is 0 Å². The van der Waals surface area contributed by atoms with Crippen molar-refractivity contribution < 1.29 is 9.53 Å². The Balaban J connectivity index is 2.62. The van der Waals surface area contributed by atoms with E-state index in [-0.39, 0.29) is 11.4 Å². The van der Waals surface area contributed by atoms with Crippen molar-refractivity contribution in [3.05, 3.63) is 0 Å². The molecule has 1 aliphatic heterocycles. The summed E-state index contributed by atoms with van der Waals surface area (Å²) < 4.78 is 5.31. The molecule has 0 radical (unpaired) electrons. The molecule has 4 heteroatoms. The Hall–Kier alpha value is -0.610. The fraction of sp³-hybridized carbons (Fsp3) is 0.917. The summed E-state index contributed by atoms with van der Waals surface area (Å²) >= 11 is 0. The normalized spacial score (nSPS) is 23.5. The molecule has 94 valence electrons. The summed E-state index contributed by atoms with van der Waals surface area (Å²) in [6.07, 6.45) is 2.52. The molecule has 1 fully saturated rings. The van der Waals surface area contributed by atoms with Gasteiger partial charge in [0.1, 0.15) is 0 Å². The quantitative estimate of drug-likeness (QED) is 0.756. The summed E-state index contributed by atoms with van der Waals surface area (Å²) in [5.41, 5.74) is 5.11. The smallest absolute Gasteiger partial charge is 0.227 e. The number of rotatable bonds is 4. The zero-order chi connectivity index (χ0) is 12.2. The van der Waals surface area contributed by atoms with E-state index in [0.29, 0.717) is 6.54 Å². The van der Waals surface area contributed by atoms with Crippen LogP contribution in [0.1, 0.15) is 40.0 Å². The number of amides is 1. The van der Waals surface area contributed by atoms with Gasteiger partial charge in [0.2, 0.25) is 5.91 Å². The molecule has 16 heavy (non-hydrogen) atoms. The third-order valence-electron chi connectivity index (χ3n) is 3.79. The lowest BCUT2D eigenvalue weighted by Crippen LogP contribution is -2.55. The highest BCUT2D eigenvalue weighted by Crippen LogP contribution is 2.25. The Kier molecular flexibility index (Phi) is 4.33. The topological polar surface area (TPSA) is 64.4 Å². The number of nitrogens with two attached hydrogens (primary N) is 1. The van der Waals surface area contributed by atoms with E-state index < -0.39 is 5.41 Å². The molecule has 0 spiro atoms. The van der Waals surface area contributed by atoms with Crippen LogP contribution in [0, 0.1) is 5.41 Å². The van der Waals surface area contributed by atoms with Crippen molar-refractivity contribution in [1.29, 1.82) is 0 Å². The Labute approximate surface area is 97.9 Å². The molecule has 1 amide bonds. The van der Waals surface area contributed by atoms with E-state index in [1.54, 1.807) is 0 Å². The van der Waals surface area contributed by atoms with Crippen LogP contribution in [0.15, 0.2) is 0 Å². The van der Waals surface area contributed by atoms with Gasteiger partial charge in [0, 0.05) is 25.3 Å². The number of carbonyl (C=O) groups excluding carboxylic acids is 1. The Morgan fingerprint density at radius 3 is 2.50 bits per heavy atom. The van der Waals surface area contributed by atoms with Gasteiger partial charge in [-0.3, -0.25) is 4.79 Å². The van der Waals surface area contributed by atoms with Gasteiger partial charge in [0.15, 0.2) is 0 Å². The number of hydrogen-bond acceptors (Lipinski definition) is 3. The molecule has 3 N–H and O–H groups in total. The van der Waals surface area contributed by atoms with Crippen molar-refractivity contribution in [1.82, 2.24) is 5.32 Å². The van der Waals surface area contributed by atoms with Gasteiger partial charge in [-0.25, -0.2) is 0 Å². The largest absolute Gasteiger partial charge is 0.381 e. The Morgan fingerprint density at radius 1 is 1.50 bits per heavy atom. The zero-order valence-corrected chi connectivity index (χ0v) is 10.6. The van der Waals surface area contributed by atoms with Gasteiger partial charge < -0.3 is 15.8 Å². The lowest BCUT2D eigenvalue weighted by molar-refractivity contribution is -0.132. The summed E-state index contributed by atoms with van der Waals surface area (Å²) in [6, 6.07) is 0. The highest BCUT2D eigenvalue weighted by molar-refractivity contribution is 5.83. The summed E-state index contributed by atoms with van der Waals surface area (Å²) in [7, 11) is 0. The Morgan fingerprint density at radius 2 is 2.06 bits per heavy atom. The van der Waals surface area contributed by atoms with Crippen LogP contribution in [0.5, 0.6) is 0 Å². The van der Waals surface area contributed by atoms with Gasteiger partial charge in [-0.05, 0) is 33.1 Å². The van der Waals surface area contributed by atoms with Crippen LogP contribution in [-0.4, -0.2) is 31.2 Å². The highest BCUT2D eigenvalue weighted by atomic mass is 16.5. The maximum atomic E-state index is 12.2. The first-order valence-corrected chi connectivity index (χ1v) is 6.06. The van der Waals surface area contributed by atoms with Crippen LogP contribution >= 0.6 is 0 Å². The second-order valence-corrected chi connectivity index (χ2v) is 5.25. The van der Waals surface area contributed by atoms with E-state index in [1.807, 2.05) is 13.8 Å². The number of nitrogens with one attached hydrogen (secondary N) is 1. The van der Waals surface area contributed by atoms with Crippen LogP contribution in [0.4, 0.5) is 0 Å². The first kappa shape index (κ1) is 13.5. The van der Waals surface area contributed by atoms with E-state index in [4.69, 9.17) is 10.5 Å². The molecular formula is C12H24N2O2. The zero-order valence-electron chi connectivity index (χ0n) is 10.6. The first-order valence-electron chi connectivity index (χ1n) is 6.06. The van der Waals surface area contributed by atoms with E-state index in [1.165, 1.54) is 0 Å². The van der Waals surface area contributed by atoms with Crippen LogP contribution in [0.25, 0.3) is 0 Å². The predicted molar refractivity (Wildman–Crippen MR) is 64.1 cm³/mol. The van der Waals surface area contributed by atoms with Gasteiger partial charge >= 0.3 is 0 Å². The van der Waals surface area contributed by atoms with Gasteiger partial charge in [-0.15, -0.1) is 0 Å². The maximum Gasteiger partial charge on any atom is 0.227 e. The van der Waals surface area contributed by atoms with Crippen LogP contribution in [0.2, 0.25) is 0 Å². The van der Waals surface area contributed by atoms with Crippen LogP contribution in [-0.2, 0) is 9.53 Å². The van der Waals surface area contributed by atoms with E-state index in [0.717, 1.165) is 32.5 Å². The number of carbonyl (C=O) groups is 1. The number of ether oxygens (including phenoxy) is 1. The number of hydrogen-bond donors (Lipinski definition) is 2. The molecule has 0 bridgehead atoms. The minimum atomic E-state index is -0.443. The Bertz CT molecular complexity index is 243. The van der Waals surface area contributed by atoms with Crippen molar-refractivity contribution in [3.63, 3.8) is 0 Å². The molecule has 0 aliphatic carbocycles. The molecule has 1 aliphatic rings. The van der Waals surface area contributed by atoms with Crippen molar-refractivity contribution in [2.24, 2.45) is 11.1 Å². The molecule has 0 aromatic carbocycles. The summed E-state index contributed by atoms with van der Waals surface area (Å²) in [6.45, 7) is 7.84. The second kappa shape index (κ2) is 5.15. The molecule has 0 aromatic heterocycles. The van der Waals surface area contributed by atoms with Gasteiger partial charge in [-0.1, -0.05) is 6.92 Å². The lowest BCUT2D eigenvalue weighted by Gasteiger charge is -2.37. The molecule has 4 nitrogen and oxygen atoms in total. The maximum absolute atomic E-state index is 12.2. The standard InChI is InChI=1S/C12H24N2O2/c1-4-11(2,9-13)10(15)14-12(3)5-7-16-8-6-12/h4-9,13H2,1-3H3,(H,14,15). The third kappa shape index (κ3) is 2.95. The van der Waals surface area contributed by atoms with Gasteiger partial charge in [0.25, 0.3) is 0 Å². The SMILES string of the molecule is CCC(C)(CN)C(=O)NC1(C)CCOCC1. The second-order valence-electron chi connectivity index (χ2n) is 5.25. The lowest BCUT2D eigenvalue weighted by atomic mass is 9.84. The van der Waals surface area contributed by atoms with E-state index in [2.05, 4.69) is 12.2 Å². The average molecular weight is 228 g/mol.